The van der Waals surface area contributed by atoms with E-state index in [9.17, 15) is 26.3 Å². The van der Waals surface area contributed by atoms with E-state index in [0.29, 0.717) is 0 Å². The molecule has 0 bridgehead atoms. The Morgan fingerprint density at radius 2 is 0.796 bits per heavy atom. The number of alkyl halides is 6. The number of para-hydroxylation sites is 2. The molecule has 0 spiro atoms. The standard InChI is InChI=1S/2C13H21.2C7H5F3O.Zr/c2*1-12(2,3)10-7-8-11(9-10)13(4,5)6;2*8-7(9,10)5-3-1-2-4-6(5)11;/h2*7-9H,1-6H3;2*1-4,11H;/q;;;;+2/p-2. The van der Waals surface area contributed by atoms with Gasteiger partial charge in [0.25, 0.3) is 0 Å². The van der Waals surface area contributed by atoms with Crippen molar-refractivity contribution in [2.75, 3.05) is 0 Å². The molecule has 0 aliphatic heterocycles. The number of rotatable bonds is 6. The SMILES string of the molecule is CC(C)(C)C1=C[C](C(C)(C)C)([Zr]([O]c2ccccc2C(F)(F)F)([O]c2ccccc2C(F)(F)F)[C]2(C(C)(C)C)C=CC(C(C)(C)C)=C2)C=C1. The number of hydrogen-bond donors (Lipinski definition) is 0. The summed E-state index contributed by atoms with van der Waals surface area (Å²) in [5, 5.41) is 0. The van der Waals surface area contributed by atoms with E-state index in [4.69, 9.17) is 5.63 Å². The molecular weight excluding hydrogens is 718 g/mol. The van der Waals surface area contributed by atoms with Crippen LogP contribution in [0.5, 0.6) is 11.5 Å². The Kier molecular flexibility index (Phi) is 9.86. The van der Waals surface area contributed by atoms with Crippen molar-refractivity contribution in [3.63, 3.8) is 0 Å². The normalized spacial score (nSPS) is 22.3. The molecule has 0 saturated heterocycles. The average Bonchev–Trinajstić information content (AvgIpc) is 3.60. The van der Waals surface area contributed by atoms with Crippen LogP contribution in [0.15, 0.2) is 96.1 Å². The van der Waals surface area contributed by atoms with Crippen molar-refractivity contribution in [1.82, 2.24) is 0 Å². The zero-order valence-electron chi connectivity index (χ0n) is 30.7. The summed E-state index contributed by atoms with van der Waals surface area (Å²) in [7, 11) is 0. The van der Waals surface area contributed by atoms with Crippen molar-refractivity contribution in [2.45, 2.75) is 102 Å². The van der Waals surface area contributed by atoms with Crippen molar-refractivity contribution in [3.05, 3.63) is 107 Å². The van der Waals surface area contributed by atoms with E-state index in [1.54, 1.807) is 0 Å². The molecule has 2 aliphatic carbocycles. The van der Waals surface area contributed by atoms with E-state index >= 15 is 0 Å². The molecule has 2 atom stereocenters. The molecule has 2 aliphatic rings. The van der Waals surface area contributed by atoms with Crippen molar-refractivity contribution >= 4 is 0 Å². The molecule has 9 heteroatoms. The molecule has 0 radical (unpaired) electrons. The van der Waals surface area contributed by atoms with Crippen molar-refractivity contribution in [3.8, 4) is 11.5 Å². The molecular formula is C40H50F6O2Zr. The first kappa shape index (κ1) is 39.3. The molecule has 2 nitrogen and oxygen atoms in total. The number of benzene rings is 2. The fourth-order valence-corrected chi connectivity index (χ4v) is 20.9. The van der Waals surface area contributed by atoms with Gasteiger partial charge >= 0.3 is 295 Å². The predicted molar refractivity (Wildman–Crippen MR) is 182 cm³/mol. The summed E-state index contributed by atoms with van der Waals surface area (Å²) in [6, 6.07) is 9.91. The van der Waals surface area contributed by atoms with Gasteiger partial charge in [-0.05, 0) is 0 Å². The second-order valence-electron chi connectivity index (χ2n) is 17.4. The van der Waals surface area contributed by atoms with Crippen molar-refractivity contribution < 1.29 is 53.1 Å². The molecule has 4 rings (SSSR count). The first-order valence-corrected chi connectivity index (χ1v) is 21.0. The molecule has 0 saturated carbocycles. The van der Waals surface area contributed by atoms with E-state index in [1.807, 2.05) is 120 Å². The summed E-state index contributed by atoms with van der Waals surface area (Å²) in [5.41, 5.74) is -2.65. The van der Waals surface area contributed by atoms with E-state index in [2.05, 4.69) is 0 Å². The Morgan fingerprint density at radius 3 is 1.04 bits per heavy atom. The third-order valence-corrected chi connectivity index (χ3v) is 23.1. The first-order chi connectivity index (χ1) is 22.0. The Bertz CT molecular complexity index is 1560. The minimum atomic E-state index is -6.04. The first-order valence-electron chi connectivity index (χ1n) is 16.6. The summed E-state index contributed by atoms with van der Waals surface area (Å²) < 4.78 is 101. The second kappa shape index (κ2) is 12.3. The van der Waals surface area contributed by atoms with Crippen LogP contribution in [0.1, 0.15) is 94.2 Å². The molecule has 0 N–H and O–H groups in total. The molecule has 49 heavy (non-hydrogen) atoms. The molecule has 0 fully saturated rings. The molecule has 2 unspecified atom stereocenters. The van der Waals surface area contributed by atoms with Crippen LogP contribution in [0.4, 0.5) is 26.3 Å². The second-order valence-corrected chi connectivity index (χ2v) is 25.5. The number of hydrogen-bond acceptors (Lipinski definition) is 2. The summed E-state index contributed by atoms with van der Waals surface area (Å²) in [5.74, 6) is -0.917. The monoisotopic (exact) mass is 766 g/mol. The van der Waals surface area contributed by atoms with Gasteiger partial charge in [-0.15, -0.1) is 0 Å². The van der Waals surface area contributed by atoms with Crippen LogP contribution in [0.25, 0.3) is 0 Å². The van der Waals surface area contributed by atoms with Crippen LogP contribution in [-0.4, -0.2) is 0 Å². The van der Waals surface area contributed by atoms with E-state index in [1.165, 1.54) is 36.4 Å². The van der Waals surface area contributed by atoms with Gasteiger partial charge in [-0.2, -0.15) is 0 Å². The van der Waals surface area contributed by atoms with Gasteiger partial charge in [0.2, 0.25) is 0 Å². The van der Waals surface area contributed by atoms with E-state index < -0.39 is 84.0 Å². The topological polar surface area (TPSA) is 18.5 Å². The predicted octanol–water partition coefficient (Wildman–Crippen LogP) is 13.7. The Hall–Kier alpha value is -2.54. The zero-order valence-corrected chi connectivity index (χ0v) is 33.1. The van der Waals surface area contributed by atoms with Crippen LogP contribution in [0.3, 0.4) is 0 Å². The van der Waals surface area contributed by atoms with Gasteiger partial charge in [-0.3, -0.25) is 0 Å². The van der Waals surface area contributed by atoms with Gasteiger partial charge < -0.3 is 0 Å². The molecule has 2 aromatic carbocycles. The van der Waals surface area contributed by atoms with Gasteiger partial charge in [0.15, 0.2) is 0 Å². The third-order valence-electron chi connectivity index (χ3n) is 10.0. The fraction of sp³-hybridized carbons (Fsp3) is 0.500. The van der Waals surface area contributed by atoms with E-state index in [-0.39, 0.29) is 0 Å². The summed E-state index contributed by atoms with van der Waals surface area (Å²) >= 11 is -6.04. The van der Waals surface area contributed by atoms with Gasteiger partial charge in [-0.1, -0.05) is 0 Å². The fourth-order valence-electron chi connectivity index (χ4n) is 6.98. The minimum absolute atomic E-state index is 0.401. The maximum atomic E-state index is 14.8. The average molecular weight is 768 g/mol. The number of halogens is 6. The molecule has 268 valence electrons. The summed E-state index contributed by atoms with van der Waals surface area (Å²) in [4.78, 5) is 0. The molecule has 2 aromatic rings. The Balaban J connectivity index is 2.35. The van der Waals surface area contributed by atoms with Crippen molar-refractivity contribution in [2.24, 2.45) is 21.7 Å². The summed E-state index contributed by atoms with van der Waals surface area (Å²) in [6.45, 7) is 24.0. The molecule has 0 heterocycles. The van der Waals surface area contributed by atoms with Crippen LogP contribution in [0.2, 0.25) is 6.25 Å². The van der Waals surface area contributed by atoms with Gasteiger partial charge in [0.1, 0.15) is 0 Å². The van der Waals surface area contributed by atoms with Crippen molar-refractivity contribution in [1.29, 1.82) is 0 Å². The summed E-state index contributed by atoms with van der Waals surface area (Å²) in [6.07, 6.45) is 2.30. The molecule has 0 aromatic heterocycles. The van der Waals surface area contributed by atoms with Gasteiger partial charge in [0, 0.05) is 0 Å². The Morgan fingerprint density at radius 1 is 0.490 bits per heavy atom. The van der Waals surface area contributed by atoms with E-state index in [0.717, 1.165) is 23.3 Å². The quantitative estimate of drug-likeness (QED) is 0.273. The van der Waals surface area contributed by atoms with Gasteiger partial charge in [-0.25, -0.2) is 0 Å². The van der Waals surface area contributed by atoms with Crippen LogP contribution >= 0.6 is 0 Å². The maximum absolute atomic E-state index is 14.8. The zero-order chi connectivity index (χ0) is 37.3. The number of allylic oxidation sites excluding steroid dienone is 8. The van der Waals surface area contributed by atoms with Crippen LogP contribution in [0, 0.1) is 21.7 Å². The van der Waals surface area contributed by atoms with Crippen LogP contribution in [-0.2, 0) is 33.5 Å². The third kappa shape index (κ3) is 6.91. The Labute approximate surface area is 294 Å². The van der Waals surface area contributed by atoms with Crippen LogP contribution < -0.4 is 5.63 Å². The van der Waals surface area contributed by atoms with Gasteiger partial charge in [0.05, 0.1) is 0 Å². The molecule has 0 amide bonds.